The van der Waals surface area contributed by atoms with Crippen LogP contribution in [0.25, 0.3) is 0 Å². The number of nitrogens with zero attached hydrogens (tertiary/aromatic N) is 2. The maximum Gasteiger partial charge on any atom is 0.405 e. The molecule has 0 spiro atoms. The summed E-state index contributed by atoms with van der Waals surface area (Å²) in [6, 6.07) is 6.60. The molecule has 1 aromatic rings. The maximum absolute atomic E-state index is 12.3. The smallest absolute Gasteiger partial charge is 0.311 e. The first-order chi connectivity index (χ1) is 8.84. The summed E-state index contributed by atoms with van der Waals surface area (Å²) in [5, 5.41) is 21.3. The molecule has 0 saturated carbocycles. The Morgan fingerprint density at radius 3 is 2.37 bits per heavy atom. The van der Waals surface area contributed by atoms with Crippen molar-refractivity contribution in [3.63, 3.8) is 0 Å². The second kappa shape index (κ2) is 6.15. The van der Waals surface area contributed by atoms with Gasteiger partial charge in [-0.25, -0.2) is 0 Å². The van der Waals surface area contributed by atoms with Crippen LogP contribution in [0.3, 0.4) is 0 Å². The molecule has 102 valence electrons. The largest absolute Gasteiger partial charge is 0.405 e. The fraction of sp³-hybridized carbons (Fsp3) is 0.364. The van der Waals surface area contributed by atoms with Crippen molar-refractivity contribution in [3.05, 3.63) is 39.9 Å². The van der Waals surface area contributed by atoms with Gasteiger partial charge in [-0.1, -0.05) is 12.1 Å². The average molecular weight is 273 g/mol. The Morgan fingerprint density at radius 1 is 1.37 bits per heavy atom. The SMILES string of the molecule is N#CC(CNCc1ccc([N+](=O)[O-])cc1)C(F)(F)F. The standard InChI is InChI=1S/C11H10F3N3O2/c12-11(13,14)9(5-15)7-16-6-8-1-3-10(4-2-8)17(18)19/h1-4,9,16H,6-7H2. The molecule has 0 fully saturated rings. The Morgan fingerprint density at radius 2 is 1.95 bits per heavy atom. The highest BCUT2D eigenvalue weighted by molar-refractivity contribution is 5.32. The number of nitriles is 1. The van der Waals surface area contributed by atoms with Crippen LogP contribution >= 0.6 is 0 Å². The molecule has 19 heavy (non-hydrogen) atoms. The van der Waals surface area contributed by atoms with Crippen LogP contribution in [0.2, 0.25) is 0 Å². The Hall–Kier alpha value is -2.14. The number of halogens is 3. The van der Waals surface area contributed by atoms with Gasteiger partial charge in [-0.05, 0) is 5.56 Å². The molecule has 0 aromatic heterocycles. The molecule has 0 heterocycles. The molecular formula is C11H10F3N3O2. The summed E-state index contributed by atoms with van der Waals surface area (Å²) < 4.78 is 36.8. The first-order valence-corrected chi connectivity index (χ1v) is 5.25. The van der Waals surface area contributed by atoms with E-state index in [9.17, 15) is 23.3 Å². The number of hydrogen-bond donors (Lipinski definition) is 1. The first kappa shape index (κ1) is 14.9. The van der Waals surface area contributed by atoms with Crippen molar-refractivity contribution in [1.29, 1.82) is 5.26 Å². The van der Waals surface area contributed by atoms with Crippen LogP contribution in [-0.4, -0.2) is 17.6 Å². The van der Waals surface area contributed by atoms with Crippen molar-refractivity contribution in [2.24, 2.45) is 5.92 Å². The number of nitro groups is 1. The molecule has 0 amide bonds. The Bertz CT molecular complexity index is 479. The first-order valence-electron chi connectivity index (χ1n) is 5.25. The number of rotatable bonds is 5. The van der Waals surface area contributed by atoms with E-state index in [0.717, 1.165) is 0 Å². The molecule has 0 bridgehead atoms. The second-order valence-electron chi connectivity index (χ2n) is 3.78. The van der Waals surface area contributed by atoms with Crippen LogP contribution in [0.4, 0.5) is 18.9 Å². The van der Waals surface area contributed by atoms with Gasteiger partial charge in [0.15, 0.2) is 5.92 Å². The molecule has 1 atom stereocenters. The van der Waals surface area contributed by atoms with Crippen LogP contribution in [0.5, 0.6) is 0 Å². The van der Waals surface area contributed by atoms with Crippen molar-refractivity contribution in [1.82, 2.24) is 5.32 Å². The van der Waals surface area contributed by atoms with E-state index in [1.165, 1.54) is 30.3 Å². The fourth-order valence-electron chi connectivity index (χ4n) is 1.33. The third kappa shape index (κ3) is 4.56. The second-order valence-corrected chi connectivity index (χ2v) is 3.78. The third-order valence-corrected chi connectivity index (χ3v) is 2.38. The molecule has 1 aromatic carbocycles. The Labute approximate surface area is 106 Å². The van der Waals surface area contributed by atoms with Crippen molar-refractivity contribution >= 4 is 5.69 Å². The highest BCUT2D eigenvalue weighted by Crippen LogP contribution is 2.24. The molecule has 0 aliphatic rings. The molecular weight excluding hydrogens is 263 g/mol. The molecule has 0 aliphatic carbocycles. The highest BCUT2D eigenvalue weighted by Gasteiger charge is 2.39. The molecule has 0 saturated heterocycles. The van der Waals surface area contributed by atoms with E-state index in [4.69, 9.17) is 5.26 Å². The lowest BCUT2D eigenvalue weighted by Crippen LogP contribution is -2.32. The van der Waals surface area contributed by atoms with E-state index in [-0.39, 0.29) is 12.2 Å². The number of nitro benzene ring substituents is 1. The number of nitrogens with one attached hydrogen (secondary N) is 1. The summed E-state index contributed by atoms with van der Waals surface area (Å²) in [6.45, 7) is -0.413. The molecule has 1 N–H and O–H groups in total. The van der Waals surface area contributed by atoms with Gasteiger partial charge in [-0.2, -0.15) is 18.4 Å². The Kier molecular flexibility index (Phi) is 4.83. The van der Waals surface area contributed by atoms with E-state index in [1.54, 1.807) is 0 Å². The predicted octanol–water partition coefficient (Wildman–Crippen LogP) is 2.39. The number of benzene rings is 1. The minimum atomic E-state index is -4.56. The quantitative estimate of drug-likeness (QED) is 0.660. The van der Waals surface area contributed by atoms with Gasteiger partial charge in [-0.3, -0.25) is 10.1 Å². The monoisotopic (exact) mass is 273 g/mol. The van der Waals surface area contributed by atoms with Gasteiger partial charge in [0, 0.05) is 25.2 Å². The normalized spacial score (nSPS) is 12.7. The van der Waals surface area contributed by atoms with Crippen molar-refractivity contribution in [3.8, 4) is 6.07 Å². The van der Waals surface area contributed by atoms with Gasteiger partial charge in [-0.15, -0.1) is 0 Å². The number of hydrogen-bond acceptors (Lipinski definition) is 4. The summed E-state index contributed by atoms with van der Waals surface area (Å²) in [4.78, 5) is 9.83. The minimum Gasteiger partial charge on any atom is -0.311 e. The number of alkyl halides is 3. The van der Waals surface area contributed by atoms with E-state index in [2.05, 4.69) is 5.32 Å². The molecule has 0 aliphatic heterocycles. The summed E-state index contributed by atoms with van der Waals surface area (Å²) in [7, 11) is 0. The van der Waals surface area contributed by atoms with E-state index in [1.807, 2.05) is 0 Å². The summed E-state index contributed by atoms with van der Waals surface area (Å²) >= 11 is 0. The summed E-state index contributed by atoms with van der Waals surface area (Å²) in [5.41, 5.74) is 0.512. The highest BCUT2D eigenvalue weighted by atomic mass is 19.4. The van der Waals surface area contributed by atoms with Crippen LogP contribution in [0, 0.1) is 27.4 Å². The zero-order chi connectivity index (χ0) is 14.5. The van der Waals surface area contributed by atoms with Crippen LogP contribution in [0.1, 0.15) is 5.56 Å². The predicted molar refractivity (Wildman–Crippen MR) is 60.0 cm³/mol. The molecule has 1 rings (SSSR count). The van der Waals surface area contributed by atoms with Crippen LogP contribution in [-0.2, 0) is 6.54 Å². The summed E-state index contributed by atoms with van der Waals surface area (Å²) in [5.74, 6) is -2.06. The van der Waals surface area contributed by atoms with Crippen LogP contribution < -0.4 is 5.32 Å². The Balaban J connectivity index is 2.50. The molecule has 5 nitrogen and oxygen atoms in total. The van der Waals surface area contributed by atoms with E-state index < -0.39 is 23.6 Å². The van der Waals surface area contributed by atoms with Gasteiger partial charge in [0.1, 0.15) is 0 Å². The molecule has 8 heteroatoms. The van der Waals surface area contributed by atoms with E-state index >= 15 is 0 Å². The lowest BCUT2D eigenvalue weighted by Gasteiger charge is -2.13. The molecule has 0 radical (unpaired) electrons. The zero-order valence-corrected chi connectivity index (χ0v) is 9.65. The zero-order valence-electron chi connectivity index (χ0n) is 9.65. The summed E-state index contributed by atoms with van der Waals surface area (Å²) in [6.07, 6.45) is -4.56. The van der Waals surface area contributed by atoms with Gasteiger partial charge in [0.05, 0.1) is 11.0 Å². The van der Waals surface area contributed by atoms with Gasteiger partial charge < -0.3 is 5.32 Å². The van der Waals surface area contributed by atoms with Crippen molar-refractivity contribution in [2.75, 3.05) is 6.54 Å². The topological polar surface area (TPSA) is 79.0 Å². The minimum absolute atomic E-state index is 0.0889. The third-order valence-electron chi connectivity index (χ3n) is 2.38. The lowest BCUT2D eigenvalue weighted by molar-refractivity contribution is -0.384. The number of non-ortho nitro benzene ring substituents is 1. The maximum atomic E-state index is 12.3. The lowest BCUT2D eigenvalue weighted by atomic mass is 10.1. The van der Waals surface area contributed by atoms with Gasteiger partial charge >= 0.3 is 6.18 Å². The van der Waals surface area contributed by atoms with E-state index in [0.29, 0.717) is 5.56 Å². The van der Waals surface area contributed by atoms with Gasteiger partial charge in [0.2, 0.25) is 0 Å². The van der Waals surface area contributed by atoms with Crippen LogP contribution in [0.15, 0.2) is 24.3 Å². The van der Waals surface area contributed by atoms with Crippen molar-refractivity contribution < 1.29 is 18.1 Å². The fourth-order valence-corrected chi connectivity index (χ4v) is 1.33. The average Bonchev–Trinajstić information content (AvgIpc) is 2.33. The molecule has 1 unspecified atom stereocenters. The van der Waals surface area contributed by atoms with Crippen molar-refractivity contribution in [2.45, 2.75) is 12.7 Å². The van der Waals surface area contributed by atoms with Gasteiger partial charge in [0.25, 0.3) is 5.69 Å².